The molecule has 0 aliphatic rings. The van der Waals surface area contributed by atoms with E-state index in [1.54, 1.807) is 13.3 Å². The highest BCUT2D eigenvalue weighted by Crippen LogP contribution is 2.23. The molecule has 6 nitrogen and oxygen atoms in total. The molecule has 3 aromatic rings. The van der Waals surface area contributed by atoms with E-state index in [2.05, 4.69) is 32.3 Å². The van der Waals surface area contributed by atoms with Crippen molar-refractivity contribution in [3.05, 3.63) is 66.5 Å². The van der Waals surface area contributed by atoms with Gasteiger partial charge in [0.1, 0.15) is 12.1 Å². The van der Waals surface area contributed by atoms with Crippen molar-refractivity contribution in [1.29, 1.82) is 0 Å². The first kappa shape index (κ1) is 19.4. The molecule has 1 heterocycles. The molecule has 1 N–H and O–H groups in total. The smallest absolute Gasteiger partial charge is 0.310 e. The Bertz CT molecular complexity index is 922. The third kappa shape index (κ3) is 5.07. The fourth-order valence-electron chi connectivity index (χ4n) is 2.75. The minimum absolute atomic E-state index is 0.219. The highest BCUT2D eigenvalue weighted by atomic mass is 16.5. The number of ether oxygens (including phenoxy) is 1. The van der Waals surface area contributed by atoms with Gasteiger partial charge in [-0.3, -0.25) is 4.79 Å². The Morgan fingerprint density at radius 2 is 1.75 bits per heavy atom. The number of nitrogens with zero attached hydrogens (tertiary/aromatic N) is 3. The van der Waals surface area contributed by atoms with Gasteiger partial charge in [-0.1, -0.05) is 24.3 Å². The largest absolute Gasteiger partial charge is 0.466 e. The van der Waals surface area contributed by atoms with Crippen LogP contribution in [-0.2, 0) is 16.0 Å². The maximum absolute atomic E-state index is 11.6. The van der Waals surface area contributed by atoms with Crippen LogP contribution in [0.4, 0.5) is 17.2 Å². The molecular formula is C22H24N4O2. The van der Waals surface area contributed by atoms with Gasteiger partial charge in [-0.2, -0.15) is 0 Å². The fraction of sp³-hybridized carbons (Fsp3) is 0.227. The van der Waals surface area contributed by atoms with E-state index in [1.807, 2.05) is 56.6 Å². The van der Waals surface area contributed by atoms with E-state index in [4.69, 9.17) is 4.74 Å². The SMILES string of the molecule is CCOC(=O)Cc1ccc(Nc2cc(-c3ccc(N(C)C)cc3)ncn2)cc1. The van der Waals surface area contributed by atoms with Gasteiger partial charge in [-0.05, 0) is 36.8 Å². The highest BCUT2D eigenvalue weighted by molar-refractivity contribution is 5.73. The molecule has 0 unspecified atom stereocenters. The number of carbonyl (C=O) groups is 1. The van der Waals surface area contributed by atoms with Gasteiger partial charge in [0, 0.05) is 37.1 Å². The number of carbonyl (C=O) groups excluding carboxylic acids is 1. The van der Waals surface area contributed by atoms with E-state index >= 15 is 0 Å². The third-order valence-corrected chi connectivity index (χ3v) is 4.23. The molecule has 0 saturated heterocycles. The average Bonchev–Trinajstić information content (AvgIpc) is 2.70. The summed E-state index contributed by atoms with van der Waals surface area (Å²) in [6.07, 6.45) is 1.82. The summed E-state index contributed by atoms with van der Waals surface area (Å²) in [7, 11) is 4.03. The van der Waals surface area contributed by atoms with Gasteiger partial charge in [0.2, 0.25) is 0 Å². The quantitative estimate of drug-likeness (QED) is 0.627. The number of aromatic nitrogens is 2. The second-order valence-corrected chi connectivity index (χ2v) is 6.53. The molecular weight excluding hydrogens is 352 g/mol. The Morgan fingerprint density at radius 3 is 2.39 bits per heavy atom. The summed E-state index contributed by atoms with van der Waals surface area (Å²) < 4.78 is 4.97. The number of hydrogen-bond acceptors (Lipinski definition) is 6. The van der Waals surface area contributed by atoms with E-state index in [0.717, 1.165) is 28.2 Å². The van der Waals surface area contributed by atoms with E-state index in [-0.39, 0.29) is 12.4 Å². The molecule has 0 fully saturated rings. The first-order valence-electron chi connectivity index (χ1n) is 9.16. The predicted molar refractivity (Wildman–Crippen MR) is 112 cm³/mol. The first-order chi connectivity index (χ1) is 13.5. The van der Waals surface area contributed by atoms with Crippen LogP contribution in [0.1, 0.15) is 12.5 Å². The minimum atomic E-state index is -0.219. The number of esters is 1. The van der Waals surface area contributed by atoms with Gasteiger partial charge in [-0.25, -0.2) is 9.97 Å². The molecule has 0 aliphatic heterocycles. The van der Waals surface area contributed by atoms with Crippen molar-refractivity contribution in [1.82, 2.24) is 9.97 Å². The third-order valence-electron chi connectivity index (χ3n) is 4.23. The number of benzene rings is 2. The van der Waals surface area contributed by atoms with Crippen molar-refractivity contribution < 1.29 is 9.53 Å². The van der Waals surface area contributed by atoms with Crippen LogP contribution in [0.3, 0.4) is 0 Å². The van der Waals surface area contributed by atoms with E-state index < -0.39 is 0 Å². The number of anilines is 3. The molecule has 6 heteroatoms. The topological polar surface area (TPSA) is 67.3 Å². The monoisotopic (exact) mass is 376 g/mol. The molecule has 0 aliphatic carbocycles. The summed E-state index contributed by atoms with van der Waals surface area (Å²) >= 11 is 0. The molecule has 3 rings (SSSR count). The molecule has 1 aromatic heterocycles. The van der Waals surface area contributed by atoms with Crippen LogP contribution in [0.25, 0.3) is 11.3 Å². The molecule has 0 spiro atoms. The summed E-state index contributed by atoms with van der Waals surface area (Å²) in [5.41, 5.74) is 4.82. The van der Waals surface area contributed by atoms with Crippen LogP contribution in [0.2, 0.25) is 0 Å². The number of rotatable bonds is 7. The minimum Gasteiger partial charge on any atom is -0.466 e. The van der Waals surface area contributed by atoms with E-state index in [0.29, 0.717) is 12.4 Å². The summed E-state index contributed by atoms with van der Waals surface area (Å²) in [5, 5.41) is 3.27. The Hall–Kier alpha value is -3.41. The number of nitrogens with one attached hydrogen (secondary N) is 1. The lowest BCUT2D eigenvalue weighted by molar-refractivity contribution is -0.142. The second-order valence-electron chi connectivity index (χ2n) is 6.53. The van der Waals surface area contributed by atoms with Crippen molar-refractivity contribution in [2.45, 2.75) is 13.3 Å². The van der Waals surface area contributed by atoms with Crippen LogP contribution in [0.5, 0.6) is 0 Å². The Balaban J connectivity index is 1.69. The molecule has 0 saturated carbocycles. The van der Waals surface area contributed by atoms with Gasteiger partial charge in [0.05, 0.1) is 18.7 Å². The second kappa shape index (κ2) is 8.99. The van der Waals surface area contributed by atoms with Gasteiger partial charge in [0.25, 0.3) is 0 Å². The fourth-order valence-corrected chi connectivity index (χ4v) is 2.75. The summed E-state index contributed by atoms with van der Waals surface area (Å²) in [5.74, 6) is 0.490. The van der Waals surface area contributed by atoms with Crippen LogP contribution in [-0.4, -0.2) is 36.6 Å². The zero-order valence-electron chi connectivity index (χ0n) is 16.3. The van der Waals surface area contributed by atoms with Crippen molar-refractivity contribution in [2.75, 3.05) is 30.9 Å². The predicted octanol–water partition coefficient (Wildman–Crippen LogP) is 4.06. The Kier molecular flexibility index (Phi) is 6.22. The average molecular weight is 376 g/mol. The van der Waals surface area contributed by atoms with Crippen LogP contribution < -0.4 is 10.2 Å². The summed E-state index contributed by atoms with van der Waals surface area (Å²) in [4.78, 5) is 22.3. The van der Waals surface area contributed by atoms with Gasteiger partial charge in [-0.15, -0.1) is 0 Å². The zero-order chi connectivity index (χ0) is 19.9. The van der Waals surface area contributed by atoms with Gasteiger partial charge < -0.3 is 15.0 Å². The van der Waals surface area contributed by atoms with Crippen LogP contribution in [0.15, 0.2) is 60.9 Å². The van der Waals surface area contributed by atoms with Crippen LogP contribution in [0, 0.1) is 0 Å². The van der Waals surface area contributed by atoms with E-state index in [1.165, 1.54) is 0 Å². The van der Waals surface area contributed by atoms with Gasteiger partial charge in [0.15, 0.2) is 0 Å². The van der Waals surface area contributed by atoms with Crippen molar-refractivity contribution in [3.8, 4) is 11.3 Å². The van der Waals surface area contributed by atoms with Crippen LogP contribution >= 0.6 is 0 Å². The summed E-state index contributed by atoms with van der Waals surface area (Å²) in [6.45, 7) is 2.20. The maximum atomic E-state index is 11.6. The zero-order valence-corrected chi connectivity index (χ0v) is 16.3. The molecule has 0 radical (unpaired) electrons. The molecule has 2 aromatic carbocycles. The molecule has 0 atom stereocenters. The molecule has 28 heavy (non-hydrogen) atoms. The van der Waals surface area contributed by atoms with Gasteiger partial charge >= 0.3 is 5.97 Å². The highest BCUT2D eigenvalue weighted by Gasteiger charge is 2.06. The van der Waals surface area contributed by atoms with E-state index in [9.17, 15) is 4.79 Å². The number of hydrogen-bond donors (Lipinski definition) is 1. The normalized spacial score (nSPS) is 10.4. The molecule has 0 amide bonds. The van der Waals surface area contributed by atoms with Crippen molar-refractivity contribution in [3.63, 3.8) is 0 Å². The lowest BCUT2D eigenvalue weighted by atomic mass is 10.1. The Labute approximate surface area is 165 Å². The molecule has 0 bridgehead atoms. The first-order valence-corrected chi connectivity index (χ1v) is 9.16. The maximum Gasteiger partial charge on any atom is 0.310 e. The Morgan fingerprint density at radius 1 is 1.04 bits per heavy atom. The van der Waals surface area contributed by atoms with Crippen molar-refractivity contribution >= 4 is 23.2 Å². The lowest BCUT2D eigenvalue weighted by Crippen LogP contribution is -2.08. The molecule has 144 valence electrons. The lowest BCUT2D eigenvalue weighted by Gasteiger charge is -2.13. The summed E-state index contributed by atoms with van der Waals surface area (Å²) in [6, 6.07) is 17.8. The standard InChI is InChI=1S/C22H24N4O2/c1-4-28-22(27)13-16-5-9-18(10-6-16)25-21-14-20(23-15-24-21)17-7-11-19(12-8-17)26(2)3/h5-12,14-15H,4,13H2,1-3H3,(H,23,24,25). The van der Waals surface area contributed by atoms with Crippen molar-refractivity contribution in [2.24, 2.45) is 0 Å².